The van der Waals surface area contributed by atoms with E-state index in [1.54, 1.807) is 0 Å². The normalized spacial score (nSPS) is 31.6. The molecule has 0 saturated heterocycles. The van der Waals surface area contributed by atoms with E-state index in [4.69, 9.17) is 5.73 Å². The van der Waals surface area contributed by atoms with E-state index in [-0.39, 0.29) is 24.2 Å². The lowest BCUT2D eigenvalue weighted by molar-refractivity contribution is -0.0943. The molecule has 0 aromatic carbocycles. The van der Waals surface area contributed by atoms with Crippen molar-refractivity contribution in [3.63, 3.8) is 0 Å². The predicted octanol–water partition coefficient (Wildman–Crippen LogP) is 2.80. The topological polar surface area (TPSA) is 26.0 Å². The molecule has 1 unspecified atom stereocenters. The predicted molar refractivity (Wildman–Crippen MR) is 49.7 cm³/mol. The first-order valence-electron chi connectivity index (χ1n) is 4.93. The van der Waals surface area contributed by atoms with Crippen LogP contribution in [0.1, 0.15) is 39.5 Å². The van der Waals surface area contributed by atoms with Crippen molar-refractivity contribution in [3.8, 4) is 0 Å². The van der Waals surface area contributed by atoms with E-state index in [9.17, 15) is 8.78 Å². The van der Waals surface area contributed by atoms with Gasteiger partial charge >= 0.3 is 0 Å². The van der Waals surface area contributed by atoms with Gasteiger partial charge in [-0.25, -0.2) is 8.78 Å². The maximum absolute atomic E-state index is 13.2. The van der Waals surface area contributed by atoms with Crippen molar-refractivity contribution in [2.45, 2.75) is 45.5 Å². The van der Waals surface area contributed by atoms with Crippen LogP contribution in [-0.4, -0.2) is 12.5 Å². The lowest BCUT2D eigenvalue weighted by Crippen LogP contribution is -2.37. The fraction of sp³-hybridized carbons (Fsp3) is 1.00. The molecule has 1 rings (SSSR count). The third kappa shape index (κ3) is 3.22. The van der Waals surface area contributed by atoms with E-state index in [1.165, 1.54) is 0 Å². The van der Waals surface area contributed by atoms with Crippen LogP contribution in [-0.2, 0) is 0 Å². The number of nitrogens with two attached hydrogens (primary N) is 1. The average molecular weight is 191 g/mol. The average Bonchev–Trinajstić information content (AvgIpc) is 1.78. The van der Waals surface area contributed by atoms with Crippen molar-refractivity contribution in [2.75, 3.05) is 6.54 Å². The number of hydrogen-bond acceptors (Lipinski definition) is 1. The van der Waals surface area contributed by atoms with Gasteiger partial charge in [0.05, 0.1) is 0 Å². The maximum atomic E-state index is 13.2. The molecule has 1 saturated carbocycles. The monoisotopic (exact) mass is 191 g/mol. The highest BCUT2D eigenvalue weighted by molar-refractivity contribution is 4.88. The second kappa shape index (κ2) is 3.52. The zero-order valence-corrected chi connectivity index (χ0v) is 8.45. The van der Waals surface area contributed by atoms with E-state index < -0.39 is 5.92 Å². The van der Waals surface area contributed by atoms with Crippen LogP contribution >= 0.6 is 0 Å². The van der Waals surface area contributed by atoms with Crippen molar-refractivity contribution >= 4 is 0 Å². The Bertz CT molecular complexity index is 162. The summed E-state index contributed by atoms with van der Waals surface area (Å²) in [6.07, 6.45) is 1.69. The Morgan fingerprint density at radius 2 is 1.92 bits per heavy atom. The van der Waals surface area contributed by atoms with Crippen molar-refractivity contribution in [3.05, 3.63) is 0 Å². The van der Waals surface area contributed by atoms with E-state index in [0.29, 0.717) is 6.54 Å². The van der Waals surface area contributed by atoms with Crippen molar-refractivity contribution in [1.82, 2.24) is 0 Å². The molecule has 0 radical (unpaired) electrons. The van der Waals surface area contributed by atoms with Crippen LogP contribution in [0.4, 0.5) is 8.78 Å². The summed E-state index contributed by atoms with van der Waals surface area (Å²) in [5.41, 5.74) is 5.17. The quantitative estimate of drug-likeness (QED) is 0.713. The Balaban J connectivity index is 2.61. The maximum Gasteiger partial charge on any atom is 0.248 e. The highest BCUT2D eigenvalue weighted by Gasteiger charge is 2.44. The van der Waals surface area contributed by atoms with Gasteiger partial charge < -0.3 is 5.73 Å². The van der Waals surface area contributed by atoms with Crippen molar-refractivity contribution in [1.29, 1.82) is 0 Å². The Morgan fingerprint density at radius 1 is 1.31 bits per heavy atom. The zero-order chi connectivity index (χ0) is 10.1. The van der Waals surface area contributed by atoms with Gasteiger partial charge in [-0.3, -0.25) is 0 Å². The number of rotatable bonds is 2. The number of halogens is 2. The Labute approximate surface area is 78.7 Å². The summed E-state index contributed by atoms with van der Waals surface area (Å²) in [5.74, 6) is -2.36. The minimum absolute atomic E-state index is 0.0288. The molecule has 0 aromatic heterocycles. The summed E-state index contributed by atoms with van der Waals surface area (Å²) >= 11 is 0. The van der Waals surface area contributed by atoms with E-state index in [1.807, 2.05) is 13.8 Å². The first-order valence-corrected chi connectivity index (χ1v) is 4.93. The molecule has 78 valence electrons. The lowest BCUT2D eigenvalue weighted by Gasteiger charge is -2.39. The Morgan fingerprint density at radius 3 is 2.38 bits per heavy atom. The third-order valence-electron chi connectivity index (χ3n) is 2.74. The molecule has 0 bridgehead atoms. The summed E-state index contributed by atoms with van der Waals surface area (Å²) in [4.78, 5) is 0. The minimum atomic E-state index is -2.47. The van der Waals surface area contributed by atoms with Gasteiger partial charge in [0.15, 0.2) is 0 Å². The van der Waals surface area contributed by atoms with E-state index in [2.05, 4.69) is 0 Å². The molecule has 13 heavy (non-hydrogen) atoms. The van der Waals surface area contributed by atoms with Gasteiger partial charge in [-0.1, -0.05) is 13.8 Å². The summed E-state index contributed by atoms with van der Waals surface area (Å²) in [5, 5.41) is 0. The standard InChI is InChI=1S/C10H19F2N/c1-9(2)5-8(3-4-13)6-10(11,12)7-9/h8H,3-7,13H2,1-2H3. The summed E-state index contributed by atoms with van der Waals surface area (Å²) in [6.45, 7) is 4.37. The molecule has 0 spiro atoms. The molecular formula is C10H19F2N. The van der Waals surface area contributed by atoms with Crippen LogP contribution in [0.2, 0.25) is 0 Å². The molecule has 1 aliphatic carbocycles. The van der Waals surface area contributed by atoms with Crippen LogP contribution in [0.5, 0.6) is 0 Å². The van der Waals surface area contributed by atoms with Gasteiger partial charge in [-0.05, 0) is 30.7 Å². The first kappa shape index (κ1) is 10.9. The molecule has 1 aliphatic rings. The van der Waals surface area contributed by atoms with Gasteiger partial charge in [0, 0.05) is 12.8 Å². The van der Waals surface area contributed by atoms with Gasteiger partial charge in [0.2, 0.25) is 5.92 Å². The number of alkyl halides is 2. The zero-order valence-electron chi connectivity index (χ0n) is 8.45. The van der Waals surface area contributed by atoms with Gasteiger partial charge in [-0.2, -0.15) is 0 Å². The van der Waals surface area contributed by atoms with E-state index >= 15 is 0 Å². The largest absolute Gasteiger partial charge is 0.330 e. The van der Waals surface area contributed by atoms with Crippen LogP contribution in [0.3, 0.4) is 0 Å². The summed E-state index contributed by atoms with van der Waals surface area (Å²) < 4.78 is 26.5. The van der Waals surface area contributed by atoms with Crippen LogP contribution in [0, 0.1) is 11.3 Å². The SMILES string of the molecule is CC1(C)CC(CCN)CC(F)(F)C1. The smallest absolute Gasteiger partial charge is 0.248 e. The summed E-state index contributed by atoms with van der Waals surface area (Å²) in [6, 6.07) is 0. The highest BCUT2D eigenvalue weighted by Crippen LogP contribution is 2.47. The van der Waals surface area contributed by atoms with Gasteiger partial charge in [0.1, 0.15) is 0 Å². The van der Waals surface area contributed by atoms with Crippen LogP contribution in [0.25, 0.3) is 0 Å². The molecular weight excluding hydrogens is 172 g/mol. The minimum Gasteiger partial charge on any atom is -0.330 e. The van der Waals surface area contributed by atoms with Gasteiger partial charge in [0.25, 0.3) is 0 Å². The molecule has 2 N–H and O–H groups in total. The molecule has 0 aliphatic heterocycles. The van der Waals surface area contributed by atoms with Crippen molar-refractivity contribution in [2.24, 2.45) is 17.1 Å². The molecule has 1 nitrogen and oxygen atoms in total. The fourth-order valence-corrected chi connectivity index (χ4v) is 2.56. The van der Waals surface area contributed by atoms with E-state index in [0.717, 1.165) is 12.8 Å². The number of hydrogen-bond donors (Lipinski definition) is 1. The molecule has 1 fully saturated rings. The molecule has 0 amide bonds. The van der Waals surface area contributed by atoms with Gasteiger partial charge in [-0.15, -0.1) is 0 Å². The molecule has 0 heterocycles. The van der Waals surface area contributed by atoms with Crippen molar-refractivity contribution < 1.29 is 8.78 Å². The second-order valence-corrected chi connectivity index (χ2v) is 5.05. The highest BCUT2D eigenvalue weighted by atomic mass is 19.3. The van der Waals surface area contributed by atoms with Crippen LogP contribution < -0.4 is 5.73 Å². The first-order chi connectivity index (χ1) is 5.85. The van der Waals surface area contributed by atoms with Crippen LogP contribution in [0.15, 0.2) is 0 Å². The molecule has 1 atom stereocenters. The second-order valence-electron chi connectivity index (χ2n) is 5.05. The fourth-order valence-electron chi connectivity index (χ4n) is 2.56. The Hall–Kier alpha value is -0.180. The third-order valence-corrected chi connectivity index (χ3v) is 2.74. The Kier molecular flexibility index (Phi) is 2.95. The lowest BCUT2D eigenvalue weighted by atomic mass is 9.69. The summed E-state index contributed by atoms with van der Waals surface area (Å²) in [7, 11) is 0. The molecule has 0 aromatic rings. The molecule has 3 heteroatoms.